The summed E-state index contributed by atoms with van der Waals surface area (Å²) in [5.74, 6) is -2.27. The van der Waals surface area contributed by atoms with Crippen LogP contribution in [0.15, 0.2) is 23.1 Å². The Morgan fingerprint density at radius 3 is 2.39 bits per heavy atom. The number of aryl methyl sites for hydroxylation is 2. The fourth-order valence-electron chi connectivity index (χ4n) is 2.40. The van der Waals surface area contributed by atoms with Crippen molar-refractivity contribution < 1.29 is 17.2 Å². The maximum Gasteiger partial charge on any atom is 0.243 e. The molecule has 0 aliphatic rings. The Morgan fingerprint density at radius 2 is 1.87 bits per heavy atom. The van der Waals surface area contributed by atoms with Gasteiger partial charge in [-0.05, 0) is 39.0 Å². The Kier molecular flexibility index (Phi) is 4.86. The zero-order chi connectivity index (χ0) is 17.4. The first-order valence-electron chi connectivity index (χ1n) is 7.12. The topological polar surface area (TPSA) is 55.2 Å². The molecule has 8 heteroatoms. The van der Waals surface area contributed by atoms with Crippen LogP contribution in [-0.2, 0) is 23.1 Å². The number of hydrogen-bond donors (Lipinski definition) is 0. The minimum atomic E-state index is -3.92. The normalized spacial score (nSPS) is 12.1. The molecular weight excluding hydrogens is 324 g/mol. The van der Waals surface area contributed by atoms with Crippen molar-refractivity contribution in [3.05, 3.63) is 46.8 Å². The third-order valence-corrected chi connectivity index (χ3v) is 5.61. The molecule has 1 heterocycles. The predicted molar refractivity (Wildman–Crippen MR) is 82.4 cm³/mol. The quantitative estimate of drug-likeness (QED) is 0.839. The predicted octanol–water partition coefficient (Wildman–Crippen LogP) is 2.62. The van der Waals surface area contributed by atoms with Crippen LogP contribution in [0, 0.1) is 25.5 Å². The summed E-state index contributed by atoms with van der Waals surface area (Å²) in [7, 11) is -2.52. The molecule has 126 valence electrons. The average molecular weight is 343 g/mol. The molecule has 1 aromatic carbocycles. The second-order valence-electron chi connectivity index (χ2n) is 5.30. The summed E-state index contributed by atoms with van der Waals surface area (Å²) in [6.07, 6.45) is 0. The monoisotopic (exact) mass is 343 g/mol. The minimum Gasteiger partial charge on any atom is -0.270 e. The minimum absolute atomic E-state index is 0.110. The second-order valence-corrected chi connectivity index (χ2v) is 7.35. The van der Waals surface area contributed by atoms with Gasteiger partial charge in [-0.1, -0.05) is 0 Å². The molecule has 1 aromatic heterocycles. The summed E-state index contributed by atoms with van der Waals surface area (Å²) in [4.78, 5) is -0.280. The van der Waals surface area contributed by atoms with Gasteiger partial charge in [0.2, 0.25) is 10.0 Å². The summed E-state index contributed by atoms with van der Waals surface area (Å²) in [5, 5.41) is 4.35. The van der Waals surface area contributed by atoms with E-state index >= 15 is 0 Å². The van der Waals surface area contributed by atoms with E-state index in [2.05, 4.69) is 5.10 Å². The summed E-state index contributed by atoms with van der Waals surface area (Å²) in [5.41, 5.74) is 2.44. The molecule has 23 heavy (non-hydrogen) atoms. The number of benzene rings is 1. The highest BCUT2D eigenvalue weighted by Crippen LogP contribution is 2.21. The molecular formula is C15H19F2N3O2S. The lowest BCUT2D eigenvalue weighted by Crippen LogP contribution is -2.27. The van der Waals surface area contributed by atoms with Gasteiger partial charge in [-0.25, -0.2) is 17.2 Å². The molecule has 5 nitrogen and oxygen atoms in total. The molecule has 0 aliphatic carbocycles. The van der Waals surface area contributed by atoms with E-state index in [-0.39, 0.29) is 11.4 Å². The SMILES string of the molecule is CCn1nc(C)c(CN(C)S(=O)(=O)c2ccc(F)c(F)c2)c1C. The van der Waals surface area contributed by atoms with E-state index in [1.807, 2.05) is 20.8 Å². The molecule has 0 N–H and O–H groups in total. The van der Waals surface area contributed by atoms with Gasteiger partial charge in [0.25, 0.3) is 0 Å². The van der Waals surface area contributed by atoms with Crippen LogP contribution < -0.4 is 0 Å². The van der Waals surface area contributed by atoms with Crippen LogP contribution in [-0.4, -0.2) is 29.6 Å². The fourth-order valence-corrected chi connectivity index (χ4v) is 3.55. The van der Waals surface area contributed by atoms with E-state index in [1.54, 1.807) is 4.68 Å². The number of nitrogens with zero attached hydrogens (tertiary/aromatic N) is 3. The number of rotatable bonds is 5. The van der Waals surface area contributed by atoms with Crippen molar-refractivity contribution in [1.29, 1.82) is 0 Å². The largest absolute Gasteiger partial charge is 0.270 e. The number of halogens is 2. The number of hydrogen-bond acceptors (Lipinski definition) is 3. The smallest absolute Gasteiger partial charge is 0.243 e. The molecule has 0 fully saturated rings. The summed E-state index contributed by atoms with van der Waals surface area (Å²) in [6, 6.07) is 2.55. The highest BCUT2D eigenvalue weighted by Gasteiger charge is 2.24. The van der Waals surface area contributed by atoms with Crippen LogP contribution in [0.1, 0.15) is 23.9 Å². The third-order valence-electron chi connectivity index (χ3n) is 3.81. The third kappa shape index (κ3) is 3.28. The molecule has 0 saturated carbocycles. The first kappa shape index (κ1) is 17.6. The Balaban J connectivity index is 2.34. The van der Waals surface area contributed by atoms with E-state index in [4.69, 9.17) is 0 Å². The molecule has 2 rings (SSSR count). The molecule has 0 amide bonds. The zero-order valence-corrected chi connectivity index (χ0v) is 14.3. The average Bonchev–Trinajstić information content (AvgIpc) is 2.77. The van der Waals surface area contributed by atoms with Crippen molar-refractivity contribution >= 4 is 10.0 Å². The van der Waals surface area contributed by atoms with Crippen molar-refractivity contribution in [3.63, 3.8) is 0 Å². The Morgan fingerprint density at radius 1 is 1.22 bits per heavy atom. The van der Waals surface area contributed by atoms with Gasteiger partial charge in [0.15, 0.2) is 11.6 Å². The lowest BCUT2D eigenvalue weighted by Gasteiger charge is -2.17. The molecule has 2 aromatic rings. The Labute approximate surface area is 134 Å². The molecule has 0 saturated heterocycles. The van der Waals surface area contributed by atoms with Gasteiger partial charge < -0.3 is 0 Å². The van der Waals surface area contributed by atoms with Crippen molar-refractivity contribution in [3.8, 4) is 0 Å². The van der Waals surface area contributed by atoms with E-state index in [1.165, 1.54) is 7.05 Å². The highest BCUT2D eigenvalue weighted by molar-refractivity contribution is 7.89. The van der Waals surface area contributed by atoms with E-state index in [0.717, 1.165) is 33.4 Å². The van der Waals surface area contributed by atoms with E-state index in [9.17, 15) is 17.2 Å². The summed E-state index contributed by atoms with van der Waals surface area (Å²) in [6.45, 7) is 6.43. The molecule has 0 unspecified atom stereocenters. The van der Waals surface area contributed by atoms with Crippen LogP contribution in [0.5, 0.6) is 0 Å². The number of aromatic nitrogens is 2. The van der Waals surface area contributed by atoms with E-state index < -0.39 is 21.7 Å². The number of sulfonamides is 1. The van der Waals surface area contributed by atoms with Crippen LogP contribution in [0.3, 0.4) is 0 Å². The Bertz CT molecular complexity index is 831. The van der Waals surface area contributed by atoms with Gasteiger partial charge >= 0.3 is 0 Å². The first-order valence-corrected chi connectivity index (χ1v) is 8.56. The van der Waals surface area contributed by atoms with Gasteiger partial charge in [-0.3, -0.25) is 4.68 Å². The van der Waals surface area contributed by atoms with Gasteiger partial charge in [0.1, 0.15) is 0 Å². The van der Waals surface area contributed by atoms with Crippen LogP contribution in [0.25, 0.3) is 0 Å². The standard InChI is InChI=1S/C15H19F2N3O2S/c1-5-20-11(3)13(10(2)18-20)9-19(4)23(21,22)12-6-7-14(16)15(17)8-12/h6-8H,5,9H2,1-4H3. The Hall–Kier alpha value is -1.80. The zero-order valence-electron chi connectivity index (χ0n) is 13.5. The maximum absolute atomic E-state index is 13.3. The van der Waals surface area contributed by atoms with Crippen LogP contribution in [0.4, 0.5) is 8.78 Å². The van der Waals surface area contributed by atoms with Gasteiger partial charge in [-0.15, -0.1) is 0 Å². The van der Waals surface area contributed by atoms with Gasteiger partial charge in [-0.2, -0.15) is 9.40 Å². The molecule has 0 aliphatic heterocycles. The summed E-state index contributed by atoms with van der Waals surface area (Å²) < 4.78 is 54.2. The molecule has 0 bridgehead atoms. The fraction of sp³-hybridized carbons (Fsp3) is 0.400. The van der Waals surface area contributed by atoms with Gasteiger partial charge in [0, 0.05) is 31.4 Å². The maximum atomic E-state index is 13.3. The van der Waals surface area contributed by atoms with Crippen molar-refractivity contribution in [1.82, 2.24) is 14.1 Å². The van der Waals surface area contributed by atoms with E-state index in [0.29, 0.717) is 12.6 Å². The first-order chi connectivity index (χ1) is 10.7. The second kappa shape index (κ2) is 6.37. The van der Waals surface area contributed by atoms with Crippen molar-refractivity contribution in [2.75, 3.05) is 7.05 Å². The summed E-state index contributed by atoms with van der Waals surface area (Å²) >= 11 is 0. The van der Waals surface area contributed by atoms with Crippen LogP contribution >= 0.6 is 0 Å². The van der Waals surface area contributed by atoms with Gasteiger partial charge in [0.05, 0.1) is 10.6 Å². The molecule has 0 radical (unpaired) electrons. The lowest BCUT2D eigenvalue weighted by atomic mass is 10.2. The lowest BCUT2D eigenvalue weighted by molar-refractivity contribution is 0.461. The van der Waals surface area contributed by atoms with Crippen molar-refractivity contribution in [2.24, 2.45) is 0 Å². The highest BCUT2D eigenvalue weighted by atomic mass is 32.2. The van der Waals surface area contributed by atoms with Crippen molar-refractivity contribution in [2.45, 2.75) is 38.8 Å². The van der Waals surface area contributed by atoms with Crippen LogP contribution in [0.2, 0.25) is 0 Å². The molecule has 0 spiro atoms. The molecule has 0 atom stereocenters.